The number of hydrogen-bond acceptors (Lipinski definition) is 4. The van der Waals surface area contributed by atoms with E-state index in [-0.39, 0.29) is 36.5 Å². The van der Waals surface area contributed by atoms with Crippen molar-refractivity contribution in [2.45, 2.75) is 18.9 Å². The number of hydrogen-bond donors (Lipinski definition) is 2. The van der Waals surface area contributed by atoms with E-state index in [2.05, 4.69) is 20.4 Å². The molecule has 8 heteroatoms. The summed E-state index contributed by atoms with van der Waals surface area (Å²) < 4.78 is 32.1. The van der Waals surface area contributed by atoms with Crippen LogP contribution in [0.3, 0.4) is 0 Å². The Balaban J connectivity index is 1.26. The Bertz CT molecular complexity index is 1010. The summed E-state index contributed by atoms with van der Waals surface area (Å²) in [6, 6.07) is 13.9. The van der Waals surface area contributed by atoms with Gasteiger partial charge in [0, 0.05) is 18.2 Å². The third-order valence-corrected chi connectivity index (χ3v) is 5.06. The second-order valence-electron chi connectivity index (χ2n) is 7.31. The lowest BCUT2D eigenvalue weighted by atomic mass is 10.1. The maximum absolute atomic E-state index is 13.6. The van der Waals surface area contributed by atoms with E-state index in [1.807, 2.05) is 6.07 Å². The number of aromatic amines is 1. The topological polar surface area (TPSA) is 70.2 Å². The molecule has 1 aromatic heterocycles. The van der Waals surface area contributed by atoms with E-state index in [0.29, 0.717) is 5.69 Å². The molecule has 0 bridgehead atoms. The van der Waals surface area contributed by atoms with Gasteiger partial charge in [-0.2, -0.15) is 5.10 Å². The summed E-state index contributed by atoms with van der Waals surface area (Å²) in [6.45, 7) is 1.97. The number of rotatable bonds is 7. The number of nitrogens with one attached hydrogen (secondary N) is 2. The van der Waals surface area contributed by atoms with Crippen LogP contribution in [0.5, 0.6) is 5.75 Å². The van der Waals surface area contributed by atoms with Crippen molar-refractivity contribution >= 4 is 11.6 Å². The number of carbonyl (C=O) groups is 1. The number of halogens is 2. The molecule has 2 aromatic carbocycles. The Morgan fingerprint density at radius 2 is 2.00 bits per heavy atom. The fourth-order valence-corrected chi connectivity index (χ4v) is 3.53. The van der Waals surface area contributed by atoms with Crippen LogP contribution < -0.4 is 10.1 Å². The summed E-state index contributed by atoms with van der Waals surface area (Å²) in [5.74, 6) is -0.464. The first-order valence-corrected chi connectivity index (χ1v) is 9.76. The third kappa shape index (κ3) is 5.01. The van der Waals surface area contributed by atoms with E-state index in [0.717, 1.165) is 30.9 Å². The van der Waals surface area contributed by atoms with Crippen LogP contribution in [0.25, 0.3) is 0 Å². The summed E-state index contributed by atoms with van der Waals surface area (Å²) in [5.41, 5.74) is 2.24. The third-order valence-electron chi connectivity index (χ3n) is 5.06. The van der Waals surface area contributed by atoms with E-state index in [1.54, 1.807) is 18.2 Å². The molecule has 1 amide bonds. The lowest BCUT2D eigenvalue weighted by Crippen LogP contribution is -2.31. The van der Waals surface area contributed by atoms with Gasteiger partial charge in [-0.05, 0) is 55.4 Å². The second-order valence-corrected chi connectivity index (χ2v) is 7.31. The number of amides is 1. The molecule has 4 rings (SSSR count). The summed E-state index contributed by atoms with van der Waals surface area (Å²) in [4.78, 5) is 14.3. The van der Waals surface area contributed by atoms with Crippen LogP contribution in [0.1, 0.15) is 23.7 Å². The van der Waals surface area contributed by atoms with Crippen molar-refractivity contribution in [1.82, 2.24) is 15.1 Å². The number of benzene rings is 2. The average Bonchev–Trinajstić information content (AvgIpc) is 3.38. The molecule has 3 aromatic rings. The Labute approximate surface area is 172 Å². The van der Waals surface area contributed by atoms with Gasteiger partial charge in [0.05, 0.1) is 17.9 Å². The highest BCUT2D eigenvalue weighted by Crippen LogP contribution is 2.26. The zero-order chi connectivity index (χ0) is 20.9. The Hall–Kier alpha value is -3.26. The molecule has 1 aliphatic rings. The van der Waals surface area contributed by atoms with Crippen LogP contribution in [-0.4, -0.2) is 40.6 Å². The highest BCUT2D eigenvalue weighted by atomic mass is 19.1. The molecule has 0 saturated carbocycles. The smallest absolute Gasteiger partial charge is 0.238 e. The number of nitrogens with zero attached hydrogens (tertiary/aromatic N) is 2. The Kier molecular flexibility index (Phi) is 6.04. The zero-order valence-corrected chi connectivity index (χ0v) is 16.3. The average molecular weight is 412 g/mol. The number of carbonyl (C=O) groups excluding carboxylic acids is 1. The first kappa shape index (κ1) is 20.0. The van der Waals surface area contributed by atoms with E-state index in [9.17, 15) is 13.6 Å². The summed E-state index contributed by atoms with van der Waals surface area (Å²) in [7, 11) is 0. The van der Waals surface area contributed by atoms with E-state index >= 15 is 0 Å². The number of anilines is 1. The molecule has 2 N–H and O–H groups in total. The van der Waals surface area contributed by atoms with Gasteiger partial charge in [0.2, 0.25) is 5.91 Å². The van der Waals surface area contributed by atoms with Crippen LogP contribution in [0, 0.1) is 11.6 Å². The van der Waals surface area contributed by atoms with Gasteiger partial charge in [0.15, 0.2) is 11.6 Å². The number of H-pyrrole nitrogens is 1. The molecule has 1 saturated heterocycles. The van der Waals surface area contributed by atoms with Crippen molar-refractivity contribution < 1.29 is 18.3 Å². The summed E-state index contributed by atoms with van der Waals surface area (Å²) in [6.07, 6.45) is 0.891. The van der Waals surface area contributed by atoms with E-state index < -0.39 is 5.82 Å². The van der Waals surface area contributed by atoms with Gasteiger partial charge in [-0.15, -0.1) is 0 Å². The van der Waals surface area contributed by atoms with E-state index in [1.165, 1.54) is 30.3 Å². The number of ether oxygens (including phenoxy) is 1. The van der Waals surface area contributed by atoms with Crippen LogP contribution in [0.2, 0.25) is 0 Å². The standard InChI is InChI=1S/C22H22F2N4O2/c23-16-5-7-17(8-6-16)25-22(29)13-28-10-9-15(12-28)20-11-18(26-27-20)14-30-21-4-2-1-3-19(21)24/h1-8,11,15H,9-10,12-14H2,(H,25,29)(H,26,27)/t15-/m0/s1. The molecule has 0 unspecified atom stereocenters. The molecule has 2 heterocycles. The van der Waals surface area contributed by atoms with Crippen LogP contribution in [0.4, 0.5) is 14.5 Å². The number of aromatic nitrogens is 2. The molecule has 0 spiro atoms. The number of likely N-dealkylation sites (tertiary alicyclic amines) is 1. The lowest BCUT2D eigenvalue weighted by molar-refractivity contribution is -0.117. The molecule has 0 aliphatic carbocycles. The van der Waals surface area contributed by atoms with Crippen molar-refractivity contribution in [2.75, 3.05) is 25.0 Å². The first-order valence-electron chi connectivity index (χ1n) is 9.76. The molecule has 1 atom stereocenters. The van der Waals surface area contributed by atoms with Gasteiger partial charge in [0.25, 0.3) is 0 Å². The SMILES string of the molecule is O=C(CN1CC[C@H](c2cc(COc3ccccc3F)[nH]n2)C1)Nc1ccc(F)cc1. The first-order chi connectivity index (χ1) is 14.6. The Morgan fingerprint density at radius 3 is 2.80 bits per heavy atom. The van der Waals surface area contributed by atoms with Crippen molar-refractivity contribution in [1.29, 1.82) is 0 Å². The molecule has 0 radical (unpaired) electrons. The molecule has 1 aliphatic heterocycles. The molecular formula is C22H22F2N4O2. The quantitative estimate of drug-likeness (QED) is 0.621. The molecule has 156 valence electrons. The minimum absolute atomic E-state index is 0.136. The van der Waals surface area contributed by atoms with Gasteiger partial charge < -0.3 is 10.1 Å². The summed E-state index contributed by atoms with van der Waals surface area (Å²) in [5, 5.41) is 10.1. The predicted octanol–water partition coefficient (Wildman–Crippen LogP) is 3.69. The zero-order valence-electron chi connectivity index (χ0n) is 16.3. The molecule has 1 fully saturated rings. The van der Waals surface area contributed by atoms with Gasteiger partial charge in [-0.1, -0.05) is 12.1 Å². The van der Waals surface area contributed by atoms with Crippen LogP contribution >= 0.6 is 0 Å². The van der Waals surface area contributed by atoms with Gasteiger partial charge in [-0.3, -0.25) is 14.8 Å². The maximum Gasteiger partial charge on any atom is 0.238 e. The number of para-hydroxylation sites is 1. The van der Waals surface area contributed by atoms with Crippen LogP contribution in [-0.2, 0) is 11.4 Å². The van der Waals surface area contributed by atoms with Crippen molar-refractivity contribution in [3.05, 3.63) is 77.6 Å². The van der Waals surface area contributed by atoms with Crippen molar-refractivity contribution in [3.8, 4) is 5.75 Å². The molecule has 6 nitrogen and oxygen atoms in total. The largest absolute Gasteiger partial charge is 0.484 e. The monoisotopic (exact) mass is 412 g/mol. The second kappa shape index (κ2) is 9.04. The van der Waals surface area contributed by atoms with Gasteiger partial charge in [-0.25, -0.2) is 8.78 Å². The molecular weight excluding hydrogens is 390 g/mol. The fraction of sp³-hybridized carbons (Fsp3) is 0.273. The Morgan fingerprint density at radius 1 is 1.20 bits per heavy atom. The molecule has 30 heavy (non-hydrogen) atoms. The van der Waals surface area contributed by atoms with Crippen LogP contribution in [0.15, 0.2) is 54.6 Å². The summed E-state index contributed by atoms with van der Waals surface area (Å²) >= 11 is 0. The highest BCUT2D eigenvalue weighted by Gasteiger charge is 2.27. The highest BCUT2D eigenvalue weighted by molar-refractivity contribution is 5.92. The minimum Gasteiger partial charge on any atom is -0.484 e. The van der Waals surface area contributed by atoms with Gasteiger partial charge in [0.1, 0.15) is 12.4 Å². The maximum atomic E-state index is 13.6. The van der Waals surface area contributed by atoms with Gasteiger partial charge >= 0.3 is 0 Å². The van der Waals surface area contributed by atoms with E-state index in [4.69, 9.17) is 4.74 Å². The lowest BCUT2D eigenvalue weighted by Gasteiger charge is -2.15. The normalized spacial score (nSPS) is 16.5. The minimum atomic E-state index is -0.400. The fourth-order valence-electron chi connectivity index (χ4n) is 3.53. The predicted molar refractivity (Wildman–Crippen MR) is 108 cm³/mol. The van der Waals surface area contributed by atoms with Crippen molar-refractivity contribution in [2.24, 2.45) is 0 Å². The van der Waals surface area contributed by atoms with Crippen molar-refractivity contribution in [3.63, 3.8) is 0 Å².